The summed E-state index contributed by atoms with van der Waals surface area (Å²) in [5.74, 6) is 1.60. The van der Waals surface area contributed by atoms with E-state index in [2.05, 4.69) is 60.4 Å². The average Bonchev–Trinajstić information content (AvgIpc) is 2.87. The SMILES string of the molecule is CCC1CCCc2ccc3c(ccc4ccccc43)c21.COc1ccc2cccnc2c1. The van der Waals surface area contributed by atoms with Crippen LogP contribution in [0.15, 0.2) is 85.1 Å². The summed E-state index contributed by atoms with van der Waals surface area (Å²) in [5, 5.41) is 6.81. The predicted molar refractivity (Wildman–Crippen MR) is 136 cm³/mol. The first-order chi connectivity index (χ1) is 15.8. The van der Waals surface area contributed by atoms with Gasteiger partial charge in [0.2, 0.25) is 0 Å². The summed E-state index contributed by atoms with van der Waals surface area (Å²) >= 11 is 0. The van der Waals surface area contributed by atoms with E-state index in [1.165, 1.54) is 47.2 Å². The minimum absolute atomic E-state index is 0.753. The Bertz CT molecular complexity index is 1390. The Kier molecular flexibility index (Phi) is 5.77. The smallest absolute Gasteiger partial charge is 0.121 e. The topological polar surface area (TPSA) is 22.1 Å². The second kappa shape index (κ2) is 9.00. The van der Waals surface area contributed by atoms with E-state index in [1.807, 2.05) is 30.3 Å². The summed E-state index contributed by atoms with van der Waals surface area (Å²) in [7, 11) is 1.66. The van der Waals surface area contributed by atoms with Crippen LogP contribution in [0.3, 0.4) is 0 Å². The predicted octanol–water partition coefficient (Wildman–Crippen LogP) is 8.07. The molecule has 0 fully saturated rings. The highest BCUT2D eigenvalue weighted by Crippen LogP contribution is 2.40. The Balaban J connectivity index is 0.000000154. The second-order valence-electron chi connectivity index (χ2n) is 8.58. The number of pyridine rings is 1. The molecular formula is C30H29NO. The molecule has 1 heterocycles. The van der Waals surface area contributed by atoms with E-state index in [0.29, 0.717) is 0 Å². The minimum Gasteiger partial charge on any atom is -0.497 e. The van der Waals surface area contributed by atoms with Gasteiger partial charge in [-0.3, -0.25) is 4.98 Å². The summed E-state index contributed by atoms with van der Waals surface area (Å²) in [6.07, 6.45) is 7.01. The van der Waals surface area contributed by atoms with Crippen molar-refractivity contribution in [2.45, 2.75) is 38.5 Å². The van der Waals surface area contributed by atoms with Crippen molar-refractivity contribution in [3.8, 4) is 5.75 Å². The zero-order chi connectivity index (χ0) is 21.9. The molecule has 32 heavy (non-hydrogen) atoms. The molecule has 0 aliphatic heterocycles. The van der Waals surface area contributed by atoms with Crippen molar-refractivity contribution in [3.05, 3.63) is 96.2 Å². The molecule has 0 radical (unpaired) electrons. The van der Waals surface area contributed by atoms with Gasteiger partial charge in [0.25, 0.3) is 0 Å². The van der Waals surface area contributed by atoms with Crippen LogP contribution in [0, 0.1) is 0 Å². The van der Waals surface area contributed by atoms with Gasteiger partial charge in [0.15, 0.2) is 0 Å². The molecule has 6 rings (SSSR count). The van der Waals surface area contributed by atoms with Crippen LogP contribution in [-0.4, -0.2) is 12.1 Å². The molecule has 160 valence electrons. The lowest BCUT2D eigenvalue weighted by Gasteiger charge is -2.26. The van der Waals surface area contributed by atoms with Crippen molar-refractivity contribution in [3.63, 3.8) is 0 Å². The molecule has 0 spiro atoms. The fraction of sp³-hybridized carbons (Fsp3) is 0.233. The fourth-order valence-corrected chi connectivity index (χ4v) is 5.12. The maximum absolute atomic E-state index is 5.08. The lowest BCUT2D eigenvalue weighted by atomic mass is 9.78. The molecule has 0 saturated heterocycles. The summed E-state index contributed by atoms with van der Waals surface area (Å²) in [5.41, 5.74) is 4.20. The summed E-state index contributed by atoms with van der Waals surface area (Å²) in [6, 6.07) is 27.9. The molecule has 0 amide bonds. The Morgan fingerprint density at radius 3 is 2.53 bits per heavy atom. The zero-order valence-corrected chi connectivity index (χ0v) is 18.8. The van der Waals surface area contributed by atoms with Crippen LogP contribution in [-0.2, 0) is 6.42 Å². The van der Waals surface area contributed by atoms with Crippen LogP contribution in [0.4, 0.5) is 0 Å². The van der Waals surface area contributed by atoms with Gasteiger partial charge in [0.05, 0.1) is 12.6 Å². The van der Waals surface area contributed by atoms with E-state index in [-0.39, 0.29) is 0 Å². The van der Waals surface area contributed by atoms with Crippen LogP contribution in [0.25, 0.3) is 32.4 Å². The molecule has 0 N–H and O–H groups in total. The number of aromatic nitrogens is 1. The van der Waals surface area contributed by atoms with Gasteiger partial charge in [-0.15, -0.1) is 0 Å². The first-order valence-corrected chi connectivity index (χ1v) is 11.6. The van der Waals surface area contributed by atoms with Gasteiger partial charge in [0, 0.05) is 17.6 Å². The third kappa shape index (κ3) is 3.82. The van der Waals surface area contributed by atoms with E-state index < -0.39 is 0 Å². The first-order valence-electron chi connectivity index (χ1n) is 11.6. The van der Waals surface area contributed by atoms with Crippen LogP contribution in [0.5, 0.6) is 5.75 Å². The van der Waals surface area contributed by atoms with Crippen molar-refractivity contribution in [2.24, 2.45) is 0 Å². The Morgan fingerprint density at radius 2 is 1.66 bits per heavy atom. The van der Waals surface area contributed by atoms with Gasteiger partial charge in [-0.1, -0.05) is 61.5 Å². The Labute approximate surface area is 189 Å². The van der Waals surface area contributed by atoms with Gasteiger partial charge in [-0.2, -0.15) is 0 Å². The number of hydrogen-bond donors (Lipinski definition) is 0. The quantitative estimate of drug-likeness (QED) is 0.270. The molecule has 2 nitrogen and oxygen atoms in total. The lowest BCUT2D eigenvalue weighted by Crippen LogP contribution is -2.09. The van der Waals surface area contributed by atoms with Crippen LogP contribution in [0.1, 0.15) is 43.2 Å². The van der Waals surface area contributed by atoms with Crippen molar-refractivity contribution in [2.75, 3.05) is 7.11 Å². The van der Waals surface area contributed by atoms with Crippen LogP contribution < -0.4 is 4.74 Å². The van der Waals surface area contributed by atoms with Crippen LogP contribution >= 0.6 is 0 Å². The number of rotatable bonds is 2. The monoisotopic (exact) mass is 419 g/mol. The van der Waals surface area contributed by atoms with E-state index >= 15 is 0 Å². The van der Waals surface area contributed by atoms with Crippen molar-refractivity contribution in [1.82, 2.24) is 4.98 Å². The molecule has 5 aromatic rings. The molecule has 1 aromatic heterocycles. The third-order valence-corrected chi connectivity index (χ3v) is 6.77. The van der Waals surface area contributed by atoms with Gasteiger partial charge < -0.3 is 4.74 Å². The number of hydrogen-bond acceptors (Lipinski definition) is 2. The second-order valence-corrected chi connectivity index (χ2v) is 8.58. The van der Waals surface area contributed by atoms with Gasteiger partial charge in [0.1, 0.15) is 5.75 Å². The van der Waals surface area contributed by atoms with Crippen molar-refractivity contribution < 1.29 is 4.74 Å². The standard InChI is InChI=1S/C20H20.C10H9NO/c1-2-14-7-5-8-16-11-12-18-17-9-4-3-6-15(17)10-13-19(18)20(14)16;1-12-9-5-4-8-3-2-6-11-10(8)7-9/h3-4,6,9-14H,2,5,7-8H2,1H3;2-7H,1H3. The third-order valence-electron chi connectivity index (χ3n) is 6.77. The molecule has 2 heteroatoms. The average molecular weight is 420 g/mol. The normalized spacial score (nSPS) is 15.2. The van der Waals surface area contributed by atoms with Gasteiger partial charge in [-0.25, -0.2) is 0 Å². The lowest BCUT2D eigenvalue weighted by molar-refractivity contribution is 0.415. The van der Waals surface area contributed by atoms with E-state index in [1.54, 1.807) is 24.4 Å². The van der Waals surface area contributed by atoms with E-state index in [0.717, 1.165) is 22.6 Å². The number of fused-ring (bicyclic) bond motifs is 6. The maximum Gasteiger partial charge on any atom is 0.121 e. The molecular weight excluding hydrogens is 390 g/mol. The number of aryl methyl sites for hydroxylation is 1. The highest BCUT2D eigenvalue weighted by atomic mass is 16.5. The highest BCUT2D eigenvalue weighted by molar-refractivity contribution is 6.08. The number of methoxy groups -OCH3 is 1. The fourth-order valence-electron chi connectivity index (χ4n) is 5.12. The largest absolute Gasteiger partial charge is 0.497 e. The number of ether oxygens (including phenoxy) is 1. The molecule has 1 atom stereocenters. The summed E-state index contributed by atoms with van der Waals surface area (Å²) in [4.78, 5) is 4.21. The van der Waals surface area contributed by atoms with E-state index in [4.69, 9.17) is 4.74 Å². The highest BCUT2D eigenvalue weighted by Gasteiger charge is 2.21. The molecule has 1 aliphatic carbocycles. The van der Waals surface area contributed by atoms with Crippen molar-refractivity contribution in [1.29, 1.82) is 0 Å². The molecule has 1 unspecified atom stereocenters. The Hall–Kier alpha value is -3.39. The van der Waals surface area contributed by atoms with E-state index in [9.17, 15) is 0 Å². The molecule has 4 aromatic carbocycles. The van der Waals surface area contributed by atoms with Gasteiger partial charge >= 0.3 is 0 Å². The number of benzene rings is 4. The summed E-state index contributed by atoms with van der Waals surface area (Å²) < 4.78 is 5.08. The number of nitrogens with zero attached hydrogens (tertiary/aromatic N) is 1. The molecule has 0 saturated carbocycles. The minimum atomic E-state index is 0.753. The maximum atomic E-state index is 5.08. The zero-order valence-electron chi connectivity index (χ0n) is 18.8. The summed E-state index contributed by atoms with van der Waals surface area (Å²) in [6.45, 7) is 2.33. The van der Waals surface area contributed by atoms with Crippen molar-refractivity contribution >= 4 is 32.4 Å². The first kappa shape index (κ1) is 20.5. The Morgan fingerprint density at radius 1 is 0.844 bits per heavy atom. The molecule has 1 aliphatic rings. The van der Waals surface area contributed by atoms with Crippen LogP contribution in [0.2, 0.25) is 0 Å². The van der Waals surface area contributed by atoms with Gasteiger partial charge in [-0.05, 0) is 82.5 Å². The molecule has 0 bridgehead atoms.